The number of ether oxygens (including phenoxy) is 1. The maximum absolute atomic E-state index is 6.24. The normalized spacial score (nSPS) is 13.8. The molecule has 21 heavy (non-hydrogen) atoms. The minimum atomic E-state index is -0.229. The molecule has 0 aliphatic carbocycles. The van der Waals surface area contributed by atoms with E-state index in [9.17, 15) is 0 Å². The monoisotopic (exact) mass is 367 g/mol. The van der Waals surface area contributed by atoms with Crippen molar-refractivity contribution < 1.29 is 4.74 Å². The van der Waals surface area contributed by atoms with Crippen LogP contribution in [-0.4, -0.2) is 6.04 Å². The van der Waals surface area contributed by atoms with Crippen LogP contribution in [0.15, 0.2) is 46.9 Å². The number of benzene rings is 2. The highest BCUT2D eigenvalue weighted by Crippen LogP contribution is 2.32. The molecule has 0 heterocycles. The van der Waals surface area contributed by atoms with E-state index in [4.69, 9.17) is 22.1 Å². The van der Waals surface area contributed by atoms with Crippen LogP contribution >= 0.6 is 27.5 Å². The summed E-state index contributed by atoms with van der Waals surface area (Å²) in [7, 11) is 0. The minimum absolute atomic E-state index is 0.100. The van der Waals surface area contributed by atoms with Crippen LogP contribution in [0.25, 0.3) is 0 Å². The lowest BCUT2D eigenvalue weighted by molar-refractivity contribution is 0.170. The average Bonchev–Trinajstić information content (AvgIpc) is 2.45. The predicted octanol–water partition coefficient (Wildman–Crippen LogP) is 5.27. The quantitative estimate of drug-likeness (QED) is 0.780. The van der Waals surface area contributed by atoms with E-state index < -0.39 is 0 Å². The van der Waals surface area contributed by atoms with Gasteiger partial charge in [-0.25, -0.2) is 0 Å². The summed E-state index contributed by atoms with van der Waals surface area (Å²) in [6.45, 7) is 4.09. The van der Waals surface area contributed by atoms with Gasteiger partial charge in [-0.3, -0.25) is 0 Å². The van der Waals surface area contributed by atoms with Gasteiger partial charge >= 0.3 is 0 Å². The van der Waals surface area contributed by atoms with E-state index in [0.29, 0.717) is 5.02 Å². The first-order valence-corrected chi connectivity index (χ1v) is 8.12. The summed E-state index contributed by atoms with van der Waals surface area (Å²) in [5, 5.41) is 0.687. The minimum Gasteiger partial charge on any atom is -0.483 e. The van der Waals surface area contributed by atoms with Crippen molar-refractivity contribution in [2.45, 2.75) is 32.4 Å². The molecule has 0 amide bonds. The number of hydrogen-bond donors (Lipinski definition) is 1. The van der Waals surface area contributed by atoms with Crippen molar-refractivity contribution in [2.75, 3.05) is 0 Å². The number of hydrogen-bond acceptors (Lipinski definition) is 2. The molecule has 0 saturated heterocycles. The Balaban J connectivity index is 2.33. The summed E-state index contributed by atoms with van der Waals surface area (Å²) in [5.41, 5.74) is 8.41. The molecular formula is C17H19BrClNO. The van der Waals surface area contributed by atoms with Gasteiger partial charge in [0.05, 0.1) is 4.47 Å². The highest BCUT2D eigenvalue weighted by Gasteiger charge is 2.21. The maximum Gasteiger partial charge on any atom is 0.139 e. The van der Waals surface area contributed by atoms with Gasteiger partial charge in [0.2, 0.25) is 0 Å². The molecule has 2 unspecified atom stereocenters. The molecule has 0 aliphatic heterocycles. The van der Waals surface area contributed by atoms with Crippen LogP contribution in [0.2, 0.25) is 5.02 Å². The standard InChI is InChI=1S/C17H19BrClNO/c1-3-15(20)17(12-5-4-6-13(19)10-12)21-16-8-7-11(2)9-14(16)18/h4-10,15,17H,3,20H2,1-2H3. The van der Waals surface area contributed by atoms with Crippen molar-refractivity contribution >= 4 is 27.5 Å². The first-order valence-electron chi connectivity index (χ1n) is 6.95. The maximum atomic E-state index is 6.24. The van der Waals surface area contributed by atoms with Crippen LogP contribution in [0.3, 0.4) is 0 Å². The highest BCUT2D eigenvalue weighted by atomic mass is 79.9. The molecule has 2 rings (SSSR count). The Morgan fingerprint density at radius 2 is 2.00 bits per heavy atom. The molecule has 2 nitrogen and oxygen atoms in total. The lowest BCUT2D eigenvalue weighted by Crippen LogP contribution is -2.31. The van der Waals surface area contributed by atoms with Crippen molar-refractivity contribution in [3.63, 3.8) is 0 Å². The molecule has 0 aromatic heterocycles. The second-order valence-corrected chi connectivity index (χ2v) is 6.39. The molecule has 2 N–H and O–H groups in total. The topological polar surface area (TPSA) is 35.2 Å². The SMILES string of the molecule is CCC(N)C(Oc1ccc(C)cc1Br)c1cccc(Cl)c1. The van der Waals surface area contributed by atoms with Gasteiger partial charge in [0, 0.05) is 11.1 Å². The van der Waals surface area contributed by atoms with Crippen molar-refractivity contribution in [2.24, 2.45) is 5.73 Å². The molecule has 2 aromatic rings. The van der Waals surface area contributed by atoms with Crippen molar-refractivity contribution in [1.29, 1.82) is 0 Å². The Bertz CT molecular complexity index is 617. The van der Waals surface area contributed by atoms with Gasteiger partial charge < -0.3 is 10.5 Å². The molecular weight excluding hydrogens is 350 g/mol. The van der Waals surface area contributed by atoms with Crippen molar-refractivity contribution in [3.05, 3.63) is 63.1 Å². The lowest BCUT2D eigenvalue weighted by atomic mass is 10.0. The van der Waals surface area contributed by atoms with Crippen LogP contribution in [0.5, 0.6) is 5.75 Å². The van der Waals surface area contributed by atoms with E-state index in [1.807, 2.05) is 49.4 Å². The van der Waals surface area contributed by atoms with Crippen LogP contribution < -0.4 is 10.5 Å². The summed E-state index contributed by atoms with van der Waals surface area (Å²) in [6.07, 6.45) is 0.591. The molecule has 2 aromatic carbocycles. The third-order valence-corrected chi connectivity index (χ3v) is 4.23. The zero-order chi connectivity index (χ0) is 15.4. The smallest absolute Gasteiger partial charge is 0.139 e. The van der Waals surface area contributed by atoms with E-state index in [-0.39, 0.29) is 12.1 Å². The molecule has 0 spiro atoms. The third-order valence-electron chi connectivity index (χ3n) is 3.38. The van der Waals surface area contributed by atoms with Gasteiger partial charge in [-0.1, -0.05) is 36.7 Å². The summed E-state index contributed by atoms with van der Waals surface area (Å²) in [4.78, 5) is 0. The Morgan fingerprint density at radius 1 is 1.24 bits per heavy atom. The molecule has 0 fully saturated rings. The Labute approximate surface area is 139 Å². The molecule has 0 radical (unpaired) electrons. The van der Waals surface area contributed by atoms with E-state index >= 15 is 0 Å². The Kier molecular flexibility index (Phi) is 5.68. The van der Waals surface area contributed by atoms with Gasteiger partial charge in [-0.2, -0.15) is 0 Å². The summed E-state index contributed by atoms with van der Waals surface area (Å²) < 4.78 is 7.09. The van der Waals surface area contributed by atoms with Gasteiger partial charge in [0.15, 0.2) is 0 Å². The first kappa shape index (κ1) is 16.3. The summed E-state index contributed by atoms with van der Waals surface area (Å²) in [5.74, 6) is 0.787. The van der Waals surface area contributed by atoms with Gasteiger partial charge in [-0.15, -0.1) is 0 Å². The van der Waals surface area contributed by atoms with Crippen LogP contribution in [0.4, 0.5) is 0 Å². The lowest BCUT2D eigenvalue weighted by Gasteiger charge is -2.25. The third kappa shape index (κ3) is 4.22. The van der Waals surface area contributed by atoms with Crippen molar-refractivity contribution in [1.82, 2.24) is 0 Å². The molecule has 4 heteroatoms. The van der Waals surface area contributed by atoms with E-state index in [2.05, 4.69) is 22.9 Å². The average molecular weight is 369 g/mol. The van der Waals surface area contributed by atoms with E-state index in [0.717, 1.165) is 22.2 Å². The van der Waals surface area contributed by atoms with Crippen LogP contribution in [-0.2, 0) is 0 Å². The van der Waals surface area contributed by atoms with E-state index in [1.54, 1.807) is 0 Å². The number of aryl methyl sites for hydroxylation is 1. The Hall–Kier alpha value is -1.03. The fourth-order valence-corrected chi connectivity index (χ4v) is 2.92. The molecule has 112 valence electrons. The van der Waals surface area contributed by atoms with Crippen LogP contribution in [0.1, 0.15) is 30.6 Å². The Morgan fingerprint density at radius 3 is 2.62 bits per heavy atom. The number of nitrogens with two attached hydrogens (primary N) is 1. The van der Waals surface area contributed by atoms with Gasteiger partial charge in [-0.05, 0) is 64.7 Å². The largest absolute Gasteiger partial charge is 0.483 e. The number of halogens is 2. The second-order valence-electron chi connectivity index (χ2n) is 5.10. The second kappa shape index (κ2) is 7.30. The zero-order valence-corrected chi connectivity index (χ0v) is 14.5. The summed E-state index contributed by atoms with van der Waals surface area (Å²) >= 11 is 9.63. The van der Waals surface area contributed by atoms with Crippen molar-refractivity contribution in [3.8, 4) is 5.75 Å². The molecule has 0 bridgehead atoms. The highest BCUT2D eigenvalue weighted by molar-refractivity contribution is 9.10. The molecule has 0 saturated carbocycles. The fraction of sp³-hybridized carbons (Fsp3) is 0.294. The van der Waals surface area contributed by atoms with Crippen LogP contribution in [0, 0.1) is 6.92 Å². The predicted molar refractivity (Wildman–Crippen MR) is 92.0 cm³/mol. The van der Waals surface area contributed by atoms with Gasteiger partial charge in [0.25, 0.3) is 0 Å². The first-order chi connectivity index (χ1) is 10.0. The number of rotatable bonds is 5. The fourth-order valence-electron chi connectivity index (χ4n) is 2.14. The molecule has 2 atom stereocenters. The summed E-state index contributed by atoms with van der Waals surface area (Å²) in [6, 6.07) is 13.6. The van der Waals surface area contributed by atoms with E-state index in [1.165, 1.54) is 5.56 Å². The zero-order valence-electron chi connectivity index (χ0n) is 12.1. The van der Waals surface area contributed by atoms with Gasteiger partial charge in [0.1, 0.15) is 11.9 Å². The molecule has 0 aliphatic rings.